The molecule has 1 N–H and O–H groups in total. The van der Waals surface area contributed by atoms with Gasteiger partial charge in [0.2, 0.25) is 0 Å². The van der Waals surface area contributed by atoms with Gasteiger partial charge >= 0.3 is 0 Å². The third kappa shape index (κ3) is 4.05. The van der Waals surface area contributed by atoms with E-state index in [2.05, 4.69) is 54.0 Å². The summed E-state index contributed by atoms with van der Waals surface area (Å²) in [6.45, 7) is 11.2. The van der Waals surface area contributed by atoms with Gasteiger partial charge in [-0.25, -0.2) is 0 Å². The molecule has 0 bridgehead atoms. The second-order valence-corrected chi connectivity index (χ2v) is 5.87. The van der Waals surface area contributed by atoms with Crippen molar-refractivity contribution in [3.63, 3.8) is 0 Å². The van der Waals surface area contributed by atoms with Gasteiger partial charge in [-0.05, 0) is 30.5 Å². The van der Waals surface area contributed by atoms with Crippen molar-refractivity contribution in [3.05, 3.63) is 35.9 Å². The summed E-state index contributed by atoms with van der Waals surface area (Å²) in [7, 11) is 0. The SMILES string of the molecule is CCN(CC)CC1CN(Cc2ccccc2)CC1CO. The number of aliphatic hydroxyl groups is 1. The molecule has 0 aromatic heterocycles. The molecule has 3 nitrogen and oxygen atoms in total. The normalized spacial score (nSPS) is 23.6. The molecule has 20 heavy (non-hydrogen) atoms. The van der Waals surface area contributed by atoms with Crippen LogP contribution in [-0.4, -0.2) is 54.2 Å². The number of rotatable bonds is 7. The molecule has 0 spiro atoms. The van der Waals surface area contributed by atoms with E-state index in [1.165, 1.54) is 5.56 Å². The van der Waals surface area contributed by atoms with E-state index in [0.29, 0.717) is 18.4 Å². The van der Waals surface area contributed by atoms with Crippen molar-refractivity contribution in [1.82, 2.24) is 9.80 Å². The van der Waals surface area contributed by atoms with E-state index < -0.39 is 0 Å². The Morgan fingerprint density at radius 2 is 1.75 bits per heavy atom. The molecule has 1 heterocycles. The molecule has 1 fully saturated rings. The van der Waals surface area contributed by atoms with Crippen molar-refractivity contribution in [2.45, 2.75) is 20.4 Å². The Morgan fingerprint density at radius 1 is 1.10 bits per heavy atom. The average molecular weight is 276 g/mol. The fourth-order valence-corrected chi connectivity index (χ4v) is 3.23. The van der Waals surface area contributed by atoms with Gasteiger partial charge in [0, 0.05) is 32.8 Å². The van der Waals surface area contributed by atoms with Crippen LogP contribution in [0.4, 0.5) is 0 Å². The molecule has 1 aliphatic rings. The molecule has 1 saturated heterocycles. The molecule has 1 aromatic rings. The molecule has 2 atom stereocenters. The van der Waals surface area contributed by atoms with Crippen LogP contribution in [0, 0.1) is 11.8 Å². The van der Waals surface area contributed by atoms with E-state index >= 15 is 0 Å². The van der Waals surface area contributed by atoms with Crippen LogP contribution in [0.25, 0.3) is 0 Å². The number of aliphatic hydroxyl groups excluding tert-OH is 1. The van der Waals surface area contributed by atoms with Crippen molar-refractivity contribution in [2.24, 2.45) is 11.8 Å². The molecule has 0 saturated carbocycles. The van der Waals surface area contributed by atoms with Gasteiger partial charge in [0.05, 0.1) is 0 Å². The van der Waals surface area contributed by atoms with Crippen LogP contribution in [0.1, 0.15) is 19.4 Å². The smallest absolute Gasteiger partial charge is 0.0475 e. The van der Waals surface area contributed by atoms with Crippen molar-refractivity contribution >= 4 is 0 Å². The lowest BCUT2D eigenvalue weighted by atomic mass is 9.96. The standard InChI is InChI=1S/C17H28N2O/c1-3-18(4-2)11-16-12-19(13-17(16)14-20)10-15-8-6-5-7-9-15/h5-9,16-17,20H,3-4,10-14H2,1-2H3. The largest absolute Gasteiger partial charge is 0.396 e. The summed E-state index contributed by atoms with van der Waals surface area (Å²) < 4.78 is 0. The minimum absolute atomic E-state index is 0.317. The highest BCUT2D eigenvalue weighted by molar-refractivity contribution is 5.14. The van der Waals surface area contributed by atoms with Crippen LogP contribution in [-0.2, 0) is 6.54 Å². The van der Waals surface area contributed by atoms with E-state index in [0.717, 1.165) is 39.3 Å². The van der Waals surface area contributed by atoms with E-state index in [-0.39, 0.29) is 0 Å². The topological polar surface area (TPSA) is 26.7 Å². The van der Waals surface area contributed by atoms with Crippen LogP contribution in [0.5, 0.6) is 0 Å². The van der Waals surface area contributed by atoms with Crippen LogP contribution >= 0.6 is 0 Å². The molecule has 2 unspecified atom stereocenters. The first-order valence-electron chi connectivity index (χ1n) is 7.86. The summed E-state index contributed by atoms with van der Waals surface area (Å²) in [4.78, 5) is 4.96. The number of nitrogens with zero attached hydrogens (tertiary/aromatic N) is 2. The molecular formula is C17H28N2O. The third-order valence-electron chi connectivity index (χ3n) is 4.52. The predicted octanol–water partition coefficient (Wildman–Crippen LogP) is 2.07. The van der Waals surface area contributed by atoms with Crippen LogP contribution in [0.15, 0.2) is 30.3 Å². The van der Waals surface area contributed by atoms with Gasteiger partial charge in [-0.1, -0.05) is 44.2 Å². The minimum atomic E-state index is 0.317. The summed E-state index contributed by atoms with van der Waals surface area (Å²) in [5, 5.41) is 9.63. The summed E-state index contributed by atoms with van der Waals surface area (Å²) in [5.74, 6) is 1.03. The van der Waals surface area contributed by atoms with E-state index in [1.807, 2.05) is 0 Å². The summed E-state index contributed by atoms with van der Waals surface area (Å²) in [5.41, 5.74) is 1.37. The lowest BCUT2D eigenvalue weighted by molar-refractivity contribution is 0.169. The zero-order chi connectivity index (χ0) is 14.4. The number of hydrogen-bond donors (Lipinski definition) is 1. The molecule has 3 heteroatoms. The number of likely N-dealkylation sites (tertiary alicyclic amines) is 1. The first kappa shape index (κ1) is 15.5. The number of benzene rings is 1. The van der Waals surface area contributed by atoms with Crippen LogP contribution in [0.3, 0.4) is 0 Å². The summed E-state index contributed by atoms with van der Waals surface area (Å²) in [6.07, 6.45) is 0. The Balaban J connectivity index is 1.91. The monoisotopic (exact) mass is 276 g/mol. The van der Waals surface area contributed by atoms with Crippen LogP contribution < -0.4 is 0 Å². The highest BCUT2D eigenvalue weighted by atomic mass is 16.3. The van der Waals surface area contributed by atoms with Gasteiger partial charge in [-0.3, -0.25) is 4.90 Å². The Bertz CT molecular complexity index is 378. The Morgan fingerprint density at radius 3 is 2.35 bits per heavy atom. The van der Waals surface area contributed by atoms with Gasteiger partial charge in [0.15, 0.2) is 0 Å². The summed E-state index contributed by atoms with van der Waals surface area (Å²) >= 11 is 0. The molecule has 0 radical (unpaired) electrons. The minimum Gasteiger partial charge on any atom is -0.396 e. The second-order valence-electron chi connectivity index (χ2n) is 5.87. The van der Waals surface area contributed by atoms with Crippen molar-refractivity contribution in [1.29, 1.82) is 0 Å². The second kappa shape index (κ2) is 7.77. The molecular weight excluding hydrogens is 248 g/mol. The predicted molar refractivity (Wildman–Crippen MR) is 83.6 cm³/mol. The maximum absolute atomic E-state index is 9.63. The van der Waals surface area contributed by atoms with Gasteiger partial charge in [-0.15, -0.1) is 0 Å². The lowest BCUT2D eigenvalue weighted by Gasteiger charge is -2.25. The maximum Gasteiger partial charge on any atom is 0.0475 e. The fourth-order valence-electron chi connectivity index (χ4n) is 3.23. The zero-order valence-corrected chi connectivity index (χ0v) is 12.8. The van der Waals surface area contributed by atoms with E-state index in [4.69, 9.17) is 0 Å². The van der Waals surface area contributed by atoms with E-state index in [9.17, 15) is 5.11 Å². The molecule has 0 amide bonds. The fraction of sp³-hybridized carbons (Fsp3) is 0.647. The van der Waals surface area contributed by atoms with Crippen molar-refractivity contribution < 1.29 is 5.11 Å². The van der Waals surface area contributed by atoms with Gasteiger partial charge < -0.3 is 10.0 Å². The highest BCUT2D eigenvalue weighted by Gasteiger charge is 2.32. The van der Waals surface area contributed by atoms with E-state index in [1.54, 1.807) is 0 Å². The average Bonchev–Trinajstić information content (AvgIpc) is 2.87. The molecule has 1 aromatic carbocycles. The van der Waals surface area contributed by atoms with Gasteiger partial charge in [-0.2, -0.15) is 0 Å². The Kier molecular flexibility index (Phi) is 6.02. The number of hydrogen-bond acceptors (Lipinski definition) is 3. The maximum atomic E-state index is 9.63. The first-order chi connectivity index (χ1) is 9.76. The Labute approximate surface area is 123 Å². The Hall–Kier alpha value is -0.900. The first-order valence-corrected chi connectivity index (χ1v) is 7.86. The van der Waals surface area contributed by atoms with Crippen molar-refractivity contribution in [3.8, 4) is 0 Å². The molecule has 0 aliphatic carbocycles. The highest BCUT2D eigenvalue weighted by Crippen LogP contribution is 2.25. The quantitative estimate of drug-likeness (QED) is 0.826. The van der Waals surface area contributed by atoms with Gasteiger partial charge in [0.1, 0.15) is 0 Å². The van der Waals surface area contributed by atoms with Gasteiger partial charge in [0.25, 0.3) is 0 Å². The van der Waals surface area contributed by atoms with Crippen molar-refractivity contribution in [2.75, 3.05) is 39.3 Å². The van der Waals surface area contributed by atoms with Crippen LogP contribution in [0.2, 0.25) is 0 Å². The molecule has 112 valence electrons. The summed E-state index contributed by atoms with van der Waals surface area (Å²) in [6, 6.07) is 10.6. The molecule has 2 rings (SSSR count). The third-order valence-corrected chi connectivity index (χ3v) is 4.52. The zero-order valence-electron chi connectivity index (χ0n) is 12.8. The lowest BCUT2D eigenvalue weighted by Crippen LogP contribution is -2.33. The molecule has 1 aliphatic heterocycles.